The molecule has 0 amide bonds. The maximum absolute atomic E-state index is 6.32. The molecule has 1 atom stereocenters. The Bertz CT molecular complexity index is 556. The van der Waals surface area contributed by atoms with Gasteiger partial charge in [-0.3, -0.25) is 0 Å². The van der Waals surface area contributed by atoms with Crippen LogP contribution in [0.15, 0.2) is 34.1 Å². The molecule has 0 spiro atoms. The summed E-state index contributed by atoms with van der Waals surface area (Å²) in [7, 11) is 1.66. The highest BCUT2D eigenvalue weighted by molar-refractivity contribution is 9.10. The minimum absolute atomic E-state index is 0.208. The van der Waals surface area contributed by atoms with Crippen molar-refractivity contribution in [1.82, 2.24) is 0 Å². The summed E-state index contributed by atoms with van der Waals surface area (Å²) >= 11 is 5.15. The second-order valence-corrected chi connectivity index (χ2v) is 5.75. The number of benzene rings is 1. The first-order valence-electron chi connectivity index (χ1n) is 5.96. The van der Waals surface area contributed by atoms with Gasteiger partial charge in [0.1, 0.15) is 11.5 Å². The van der Waals surface area contributed by atoms with Crippen LogP contribution < -0.4 is 15.2 Å². The van der Waals surface area contributed by atoms with Crippen LogP contribution in [0.25, 0.3) is 0 Å². The SMILES string of the molecule is CCOc1ccc(C(N)c2sccc2OC)c(Br)c1. The summed E-state index contributed by atoms with van der Waals surface area (Å²) in [6.45, 7) is 2.61. The van der Waals surface area contributed by atoms with E-state index in [0.29, 0.717) is 6.61 Å². The number of methoxy groups -OCH3 is 1. The summed E-state index contributed by atoms with van der Waals surface area (Å²) in [5.74, 6) is 1.67. The van der Waals surface area contributed by atoms with Crippen molar-refractivity contribution in [2.75, 3.05) is 13.7 Å². The van der Waals surface area contributed by atoms with Crippen molar-refractivity contribution in [2.45, 2.75) is 13.0 Å². The van der Waals surface area contributed by atoms with Crippen LogP contribution in [-0.4, -0.2) is 13.7 Å². The van der Waals surface area contributed by atoms with E-state index < -0.39 is 0 Å². The van der Waals surface area contributed by atoms with Gasteiger partial charge in [-0.1, -0.05) is 22.0 Å². The topological polar surface area (TPSA) is 44.5 Å². The fourth-order valence-corrected chi connectivity index (χ4v) is 3.35. The van der Waals surface area contributed by atoms with Gasteiger partial charge < -0.3 is 15.2 Å². The predicted octanol–water partition coefficient (Wildman–Crippen LogP) is 3.97. The molecule has 0 aliphatic carbocycles. The zero-order valence-corrected chi connectivity index (χ0v) is 13.3. The van der Waals surface area contributed by atoms with Crippen LogP contribution in [0.3, 0.4) is 0 Å². The van der Waals surface area contributed by atoms with Crippen molar-refractivity contribution in [1.29, 1.82) is 0 Å². The summed E-state index contributed by atoms with van der Waals surface area (Å²) in [6.07, 6.45) is 0. The highest BCUT2D eigenvalue weighted by atomic mass is 79.9. The molecular weight excluding hydrogens is 326 g/mol. The molecule has 1 aromatic heterocycles. The van der Waals surface area contributed by atoms with Gasteiger partial charge in [0.15, 0.2) is 0 Å². The molecule has 102 valence electrons. The molecule has 0 saturated carbocycles. The van der Waals surface area contributed by atoms with Crippen LogP contribution in [0.4, 0.5) is 0 Å². The Morgan fingerprint density at radius 1 is 1.37 bits per heavy atom. The second kappa shape index (κ2) is 6.41. The number of ether oxygens (including phenoxy) is 2. The van der Waals surface area contributed by atoms with Crippen molar-refractivity contribution in [3.63, 3.8) is 0 Å². The highest BCUT2D eigenvalue weighted by Crippen LogP contribution is 2.36. The van der Waals surface area contributed by atoms with Gasteiger partial charge in [-0.15, -0.1) is 11.3 Å². The lowest BCUT2D eigenvalue weighted by Crippen LogP contribution is -2.12. The van der Waals surface area contributed by atoms with E-state index in [4.69, 9.17) is 15.2 Å². The van der Waals surface area contributed by atoms with Crippen LogP contribution in [-0.2, 0) is 0 Å². The maximum atomic E-state index is 6.32. The van der Waals surface area contributed by atoms with Crippen molar-refractivity contribution in [3.8, 4) is 11.5 Å². The molecule has 3 nitrogen and oxygen atoms in total. The van der Waals surface area contributed by atoms with Crippen molar-refractivity contribution >= 4 is 27.3 Å². The molecule has 0 aliphatic heterocycles. The number of rotatable bonds is 5. The molecule has 0 bridgehead atoms. The zero-order chi connectivity index (χ0) is 13.8. The fourth-order valence-electron chi connectivity index (χ4n) is 1.86. The Hall–Kier alpha value is -1.04. The largest absolute Gasteiger partial charge is 0.496 e. The van der Waals surface area contributed by atoms with E-state index >= 15 is 0 Å². The summed E-state index contributed by atoms with van der Waals surface area (Å²) in [5.41, 5.74) is 7.34. The van der Waals surface area contributed by atoms with Gasteiger partial charge in [-0.2, -0.15) is 0 Å². The normalized spacial score (nSPS) is 12.2. The minimum atomic E-state index is -0.208. The summed E-state index contributed by atoms with van der Waals surface area (Å²) in [6, 6.07) is 7.59. The standard InChI is InChI=1S/C14H16BrNO2S/c1-3-18-9-4-5-10(11(15)8-9)13(16)14-12(17-2)6-7-19-14/h4-8,13H,3,16H2,1-2H3. The van der Waals surface area contributed by atoms with E-state index in [0.717, 1.165) is 26.4 Å². The monoisotopic (exact) mass is 341 g/mol. The zero-order valence-electron chi connectivity index (χ0n) is 10.9. The average molecular weight is 342 g/mol. The first-order chi connectivity index (χ1) is 9.17. The van der Waals surface area contributed by atoms with Gasteiger partial charge in [0, 0.05) is 4.47 Å². The molecule has 0 aliphatic rings. The van der Waals surface area contributed by atoms with Crippen LogP contribution in [0.5, 0.6) is 11.5 Å². The second-order valence-electron chi connectivity index (χ2n) is 3.95. The van der Waals surface area contributed by atoms with Crippen LogP contribution >= 0.6 is 27.3 Å². The van der Waals surface area contributed by atoms with E-state index in [1.54, 1.807) is 18.4 Å². The van der Waals surface area contributed by atoms with Gasteiger partial charge in [0.25, 0.3) is 0 Å². The molecule has 19 heavy (non-hydrogen) atoms. The van der Waals surface area contributed by atoms with Crippen molar-refractivity contribution in [3.05, 3.63) is 44.6 Å². The number of hydrogen-bond acceptors (Lipinski definition) is 4. The first kappa shape index (κ1) is 14.4. The molecule has 2 N–H and O–H groups in total. The molecule has 0 saturated heterocycles. The molecule has 1 heterocycles. The van der Waals surface area contributed by atoms with Gasteiger partial charge in [-0.25, -0.2) is 0 Å². The maximum Gasteiger partial charge on any atom is 0.134 e. The molecule has 2 aromatic rings. The molecule has 0 fully saturated rings. The minimum Gasteiger partial charge on any atom is -0.496 e. The Balaban J connectivity index is 2.31. The third-order valence-corrected chi connectivity index (χ3v) is 4.45. The van der Waals surface area contributed by atoms with Crippen LogP contribution in [0, 0.1) is 0 Å². The van der Waals surface area contributed by atoms with E-state index in [2.05, 4.69) is 15.9 Å². The third-order valence-electron chi connectivity index (χ3n) is 2.78. The first-order valence-corrected chi connectivity index (χ1v) is 7.63. The highest BCUT2D eigenvalue weighted by Gasteiger charge is 2.18. The van der Waals surface area contributed by atoms with Gasteiger partial charge in [0.2, 0.25) is 0 Å². The number of halogens is 1. The van der Waals surface area contributed by atoms with Gasteiger partial charge in [0.05, 0.1) is 24.6 Å². The van der Waals surface area contributed by atoms with E-state index in [1.165, 1.54) is 0 Å². The average Bonchev–Trinajstić information content (AvgIpc) is 2.87. The Morgan fingerprint density at radius 3 is 2.79 bits per heavy atom. The number of thiophene rings is 1. The lowest BCUT2D eigenvalue weighted by molar-refractivity contribution is 0.340. The molecule has 0 radical (unpaired) electrons. The van der Waals surface area contributed by atoms with Crippen molar-refractivity contribution < 1.29 is 9.47 Å². The van der Waals surface area contributed by atoms with E-state index in [-0.39, 0.29) is 6.04 Å². The van der Waals surface area contributed by atoms with Crippen LogP contribution in [0.1, 0.15) is 23.4 Å². The molecule has 5 heteroatoms. The molecule has 1 aromatic carbocycles. The predicted molar refractivity (Wildman–Crippen MR) is 82.2 cm³/mol. The lowest BCUT2D eigenvalue weighted by Gasteiger charge is -2.15. The summed E-state index contributed by atoms with van der Waals surface area (Å²) in [4.78, 5) is 1.02. The fraction of sp³-hybridized carbons (Fsp3) is 0.286. The number of nitrogens with two attached hydrogens (primary N) is 1. The summed E-state index contributed by atoms with van der Waals surface area (Å²) in [5, 5.41) is 1.98. The lowest BCUT2D eigenvalue weighted by atomic mass is 10.1. The molecule has 1 unspecified atom stereocenters. The Labute approximate surface area is 125 Å². The molecule has 2 rings (SSSR count). The molecular formula is C14H16BrNO2S. The summed E-state index contributed by atoms with van der Waals surface area (Å²) < 4.78 is 11.7. The van der Waals surface area contributed by atoms with Crippen LogP contribution in [0.2, 0.25) is 0 Å². The smallest absolute Gasteiger partial charge is 0.134 e. The quantitative estimate of drug-likeness (QED) is 0.894. The van der Waals surface area contributed by atoms with Gasteiger partial charge >= 0.3 is 0 Å². The Kier molecular flexibility index (Phi) is 4.85. The Morgan fingerprint density at radius 2 is 2.16 bits per heavy atom. The van der Waals surface area contributed by atoms with Crippen molar-refractivity contribution in [2.24, 2.45) is 5.73 Å². The van der Waals surface area contributed by atoms with E-state index in [1.807, 2.05) is 36.6 Å². The third kappa shape index (κ3) is 3.11. The van der Waals surface area contributed by atoms with E-state index in [9.17, 15) is 0 Å². The van der Waals surface area contributed by atoms with Gasteiger partial charge in [-0.05, 0) is 36.1 Å². The number of hydrogen-bond donors (Lipinski definition) is 1.